The van der Waals surface area contributed by atoms with Gasteiger partial charge < -0.3 is 14.5 Å². The molecule has 0 radical (unpaired) electrons. The highest BCUT2D eigenvalue weighted by Crippen LogP contribution is 2.22. The Hall–Kier alpha value is -2.11. The smallest absolute Gasteiger partial charge is 0.228 e. The van der Waals surface area contributed by atoms with Crippen molar-refractivity contribution < 1.29 is 9.53 Å². The molecule has 6 nitrogen and oxygen atoms in total. The average molecular weight is 302 g/mol. The van der Waals surface area contributed by atoms with Crippen LogP contribution in [0.5, 0.6) is 5.88 Å². The molecule has 1 unspecified atom stereocenters. The molecule has 1 aromatic heterocycles. The van der Waals surface area contributed by atoms with Crippen molar-refractivity contribution in [1.82, 2.24) is 14.9 Å². The lowest BCUT2D eigenvalue weighted by Gasteiger charge is -2.35. The van der Waals surface area contributed by atoms with Crippen LogP contribution in [0.2, 0.25) is 0 Å². The summed E-state index contributed by atoms with van der Waals surface area (Å²) in [6.45, 7) is 2.99. The molecule has 1 aromatic rings. The van der Waals surface area contributed by atoms with E-state index in [4.69, 9.17) is 4.74 Å². The molecule has 1 amide bonds. The minimum absolute atomic E-state index is 0.266. The molecule has 1 fully saturated rings. The molecule has 1 aliphatic carbocycles. The van der Waals surface area contributed by atoms with Gasteiger partial charge in [0.25, 0.3) is 0 Å². The molecular weight excluding hydrogens is 280 g/mol. The van der Waals surface area contributed by atoms with Crippen LogP contribution >= 0.6 is 0 Å². The number of hydrogen-bond donors (Lipinski definition) is 0. The molecule has 1 aliphatic heterocycles. The first kappa shape index (κ1) is 14.8. The minimum Gasteiger partial charge on any atom is -0.481 e. The van der Waals surface area contributed by atoms with Crippen molar-refractivity contribution in [2.24, 2.45) is 5.92 Å². The first-order chi connectivity index (χ1) is 10.8. The largest absolute Gasteiger partial charge is 0.481 e. The summed E-state index contributed by atoms with van der Waals surface area (Å²) in [4.78, 5) is 25.0. The average Bonchev–Trinajstić information content (AvgIpc) is 3.08. The van der Waals surface area contributed by atoms with Gasteiger partial charge in [-0.3, -0.25) is 4.79 Å². The second kappa shape index (κ2) is 6.77. The van der Waals surface area contributed by atoms with E-state index in [1.807, 2.05) is 4.90 Å². The van der Waals surface area contributed by atoms with Gasteiger partial charge in [-0.2, -0.15) is 4.98 Å². The van der Waals surface area contributed by atoms with Gasteiger partial charge in [0.15, 0.2) is 0 Å². The third-order valence-electron chi connectivity index (χ3n) is 4.29. The van der Waals surface area contributed by atoms with Gasteiger partial charge in [-0.1, -0.05) is 12.2 Å². The van der Waals surface area contributed by atoms with Crippen molar-refractivity contribution in [2.75, 3.05) is 38.2 Å². The highest BCUT2D eigenvalue weighted by molar-refractivity contribution is 5.77. The summed E-state index contributed by atoms with van der Waals surface area (Å²) in [7, 11) is 1.60. The van der Waals surface area contributed by atoms with E-state index in [0.29, 0.717) is 24.2 Å². The molecule has 0 N–H and O–H groups in total. The van der Waals surface area contributed by atoms with Crippen molar-refractivity contribution in [3.05, 3.63) is 24.4 Å². The molecule has 0 aromatic carbocycles. The van der Waals surface area contributed by atoms with Crippen molar-refractivity contribution >= 4 is 11.9 Å². The molecule has 0 bridgehead atoms. The van der Waals surface area contributed by atoms with E-state index in [2.05, 4.69) is 27.0 Å². The summed E-state index contributed by atoms with van der Waals surface area (Å²) in [6, 6.07) is 1.73. The number of rotatable bonds is 4. The van der Waals surface area contributed by atoms with Gasteiger partial charge in [0.2, 0.25) is 17.7 Å². The zero-order valence-corrected chi connectivity index (χ0v) is 12.9. The maximum absolute atomic E-state index is 12.3. The number of anilines is 1. The van der Waals surface area contributed by atoms with Gasteiger partial charge in [-0.25, -0.2) is 4.98 Å². The third kappa shape index (κ3) is 3.37. The van der Waals surface area contributed by atoms with Gasteiger partial charge in [0.1, 0.15) is 0 Å². The first-order valence-electron chi connectivity index (χ1n) is 7.82. The molecule has 0 spiro atoms. The predicted octanol–water partition coefficient (Wildman–Crippen LogP) is 1.49. The Morgan fingerprint density at radius 3 is 2.86 bits per heavy atom. The van der Waals surface area contributed by atoms with Crippen LogP contribution in [-0.4, -0.2) is 54.1 Å². The van der Waals surface area contributed by atoms with Crippen molar-refractivity contribution in [3.8, 4) is 5.88 Å². The first-order valence-corrected chi connectivity index (χ1v) is 7.82. The molecule has 2 aliphatic rings. The number of nitrogens with zero attached hydrogens (tertiary/aromatic N) is 4. The fraction of sp³-hybridized carbons (Fsp3) is 0.562. The van der Waals surface area contributed by atoms with E-state index < -0.39 is 0 Å². The summed E-state index contributed by atoms with van der Waals surface area (Å²) in [6.07, 6.45) is 8.92. The van der Waals surface area contributed by atoms with Crippen molar-refractivity contribution in [3.63, 3.8) is 0 Å². The normalized spacial score (nSPS) is 21.2. The number of carbonyl (C=O) groups excluding carboxylic acids is 1. The second-order valence-corrected chi connectivity index (χ2v) is 5.74. The number of methoxy groups -OCH3 is 1. The van der Waals surface area contributed by atoms with E-state index >= 15 is 0 Å². The monoisotopic (exact) mass is 302 g/mol. The van der Waals surface area contributed by atoms with E-state index in [1.54, 1.807) is 19.4 Å². The number of aromatic nitrogens is 2. The highest BCUT2D eigenvalue weighted by Gasteiger charge is 2.24. The van der Waals surface area contributed by atoms with Crippen LogP contribution in [0.4, 0.5) is 5.95 Å². The van der Waals surface area contributed by atoms with Gasteiger partial charge in [-0.05, 0) is 18.8 Å². The van der Waals surface area contributed by atoms with Crippen LogP contribution in [0.3, 0.4) is 0 Å². The standard InChI is InChI=1S/C16H22N4O2/c1-22-14-6-7-17-16(18-14)20-10-8-19(9-11-20)15(21)12-13-4-2-3-5-13/h2,4,6-7,13H,3,5,8-12H2,1H3. The van der Waals surface area contributed by atoms with Gasteiger partial charge >= 0.3 is 0 Å². The Morgan fingerprint density at radius 1 is 1.36 bits per heavy atom. The van der Waals surface area contributed by atoms with Gasteiger partial charge in [0.05, 0.1) is 7.11 Å². The van der Waals surface area contributed by atoms with Crippen LogP contribution in [0.1, 0.15) is 19.3 Å². The summed E-state index contributed by atoms with van der Waals surface area (Å²) >= 11 is 0. The Morgan fingerprint density at radius 2 is 2.18 bits per heavy atom. The predicted molar refractivity (Wildman–Crippen MR) is 83.9 cm³/mol. The summed E-state index contributed by atoms with van der Waals surface area (Å²) < 4.78 is 5.13. The number of carbonyl (C=O) groups is 1. The molecule has 6 heteroatoms. The Kier molecular flexibility index (Phi) is 4.56. The highest BCUT2D eigenvalue weighted by atomic mass is 16.5. The van der Waals surface area contributed by atoms with Crippen molar-refractivity contribution in [2.45, 2.75) is 19.3 Å². The SMILES string of the molecule is COc1ccnc(N2CCN(C(=O)CC3C=CCC3)CC2)n1. The van der Waals surface area contributed by atoms with Crippen LogP contribution < -0.4 is 9.64 Å². The maximum Gasteiger partial charge on any atom is 0.228 e. The zero-order chi connectivity index (χ0) is 15.4. The lowest BCUT2D eigenvalue weighted by Crippen LogP contribution is -2.49. The van der Waals surface area contributed by atoms with Gasteiger partial charge in [0, 0.05) is 44.9 Å². The Bertz CT molecular complexity index is 553. The third-order valence-corrected chi connectivity index (χ3v) is 4.29. The van der Waals surface area contributed by atoms with Gasteiger partial charge in [-0.15, -0.1) is 0 Å². The van der Waals surface area contributed by atoms with E-state index in [1.165, 1.54) is 0 Å². The molecule has 118 valence electrons. The fourth-order valence-electron chi connectivity index (χ4n) is 2.97. The molecule has 2 heterocycles. The van der Waals surface area contributed by atoms with E-state index in [0.717, 1.165) is 39.0 Å². The Labute approximate surface area is 130 Å². The lowest BCUT2D eigenvalue weighted by molar-refractivity contribution is -0.132. The number of ether oxygens (including phenoxy) is 1. The van der Waals surface area contributed by atoms with Crippen LogP contribution in [0, 0.1) is 5.92 Å². The number of allylic oxidation sites excluding steroid dienone is 2. The molecular formula is C16H22N4O2. The topological polar surface area (TPSA) is 58.6 Å². The van der Waals surface area contributed by atoms with Crippen LogP contribution in [0.15, 0.2) is 24.4 Å². The van der Waals surface area contributed by atoms with Crippen LogP contribution in [0.25, 0.3) is 0 Å². The van der Waals surface area contributed by atoms with E-state index in [9.17, 15) is 4.79 Å². The molecule has 1 saturated heterocycles. The van der Waals surface area contributed by atoms with Crippen molar-refractivity contribution in [1.29, 1.82) is 0 Å². The summed E-state index contributed by atoms with van der Waals surface area (Å²) in [5.41, 5.74) is 0. The molecule has 3 rings (SSSR count). The van der Waals surface area contributed by atoms with E-state index in [-0.39, 0.29) is 5.91 Å². The summed E-state index contributed by atoms with van der Waals surface area (Å²) in [5, 5.41) is 0. The molecule has 0 saturated carbocycles. The fourth-order valence-corrected chi connectivity index (χ4v) is 2.97. The quantitative estimate of drug-likeness (QED) is 0.789. The Balaban J connectivity index is 1.53. The lowest BCUT2D eigenvalue weighted by atomic mass is 10.0. The number of piperazine rings is 1. The van der Waals surface area contributed by atoms with Crippen LogP contribution in [-0.2, 0) is 4.79 Å². The number of hydrogen-bond acceptors (Lipinski definition) is 5. The zero-order valence-electron chi connectivity index (χ0n) is 12.9. The second-order valence-electron chi connectivity index (χ2n) is 5.74. The minimum atomic E-state index is 0.266. The molecule has 1 atom stereocenters. The molecule has 22 heavy (non-hydrogen) atoms. The summed E-state index contributed by atoms with van der Waals surface area (Å²) in [5.74, 6) is 1.94. The number of amides is 1. The maximum atomic E-state index is 12.3.